The fourth-order valence-electron chi connectivity index (χ4n) is 2.49. The Morgan fingerprint density at radius 1 is 1.48 bits per heavy atom. The van der Waals surface area contributed by atoms with Crippen molar-refractivity contribution in [3.63, 3.8) is 0 Å². The summed E-state index contributed by atoms with van der Waals surface area (Å²) in [5, 5.41) is 9.15. The van der Waals surface area contributed by atoms with Crippen LogP contribution in [0.15, 0.2) is 23.1 Å². The third-order valence-corrected chi connectivity index (χ3v) is 5.05. The summed E-state index contributed by atoms with van der Waals surface area (Å²) in [6.45, 7) is 1.54. The molecule has 0 aromatic heterocycles. The van der Waals surface area contributed by atoms with Crippen LogP contribution in [0.25, 0.3) is 0 Å². The van der Waals surface area contributed by atoms with Crippen molar-refractivity contribution < 1.29 is 18.3 Å². The maximum absolute atomic E-state index is 12.4. The number of anilines is 1. The van der Waals surface area contributed by atoms with Gasteiger partial charge in [0.1, 0.15) is 0 Å². The fourth-order valence-corrected chi connectivity index (χ4v) is 3.94. The first kappa shape index (κ1) is 15.7. The van der Waals surface area contributed by atoms with Gasteiger partial charge in [-0.15, -0.1) is 0 Å². The summed E-state index contributed by atoms with van der Waals surface area (Å²) >= 11 is 0. The molecule has 0 aliphatic carbocycles. The zero-order valence-corrected chi connectivity index (χ0v) is 12.6. The van der Waals surface area contributed by atoms with E-state index in [9.17, 15) is 13.2 Å². The van der Waals surface area contributed by atoms with Crippen molar-refractivity contribution in [1.82, 2.24) is 9.62 Å². The van der Waals surface area contributed by atoms with Crippen LogP contribution in [0, 0.1) is 0 Å². The fraction of sp³-hybridized carbons (Fsp3) is 0.462. The molecular weight excluding hydrogens is 294 g/mol. The predicted molar refractivity (Wildman–Crippen MR) is 78.7 cm³/mol. The molecule has 0 amide bonds. The number of nitrogen functional groups attached to an aromatic ring is 1. The molecule has 7 nitrogen and oxygen atoms in total. The second-order valence-corrected chi connectivity index (χ2v) is 6.97. The lowest BCUT2D eigenvalue weighted by atomic mass is 10.1. The van der Waals surface area contributed by atoms with E-state index in [0.29, 0.717) is 6.54 Å². The lowest BCUT2D eigenvalue weighted by Gasteiger charge is -2.30. The van der Waals surface area contributed by atoms with Crippen LogP contribution >= 0.6 is 0 Å². The number of likely N-dealkylation sites (tertiary alicyclic amines) is 1. The topological polar surface area (TPSA) is 113 Å². The Kier molecular flexibility index (Phi) is 4.50. The summed E-state index contributed by atoms with van der Waals surface area (Å²) in [7, 11) is -1.97. The maximum atomic E-state index is 12.4. The van der Waals surface area contributed by atoms with Crippen LogP contribution in [-0.4, -0.2) is 50.6 Å². The number of hydrogen-bond acceptors (Lipinski definition) is 5. The second-order valence-electron chi connectivity index (χ2n) is 5.28. The van der Waals surface area contributed by atoms with Gasteiger partial charge >= 0.3 is 5.97 Å². The highest BCUT2D eigenvalue weighted by molar-refractivity contribution is 7.89. The number of piperidine rings is 1. The summed E-state index contributed by atoms with van der Waals surface area (Å²) in [5.74, 6) is -1.32. The van der Waals surface area contributed by atoms with Crippen LogP contribution in [0.1, 0.15) is 23.2 Å². The number of carboxylic acids is 1. The normalized spacial score (nSPS) is 20.3. The van der Waals surface area contributed by atoms with Gasteiger partial charge in [-0.25, -0.2) is 17.9 Å². The van der Waals surface area contributed by atoms with Crippen molar-refractivity contribution in [2.24, 2.45) is 0 Å². The monoisotopic (exact) mass is 313 g/mol. The SMILES string of the molecule is CN1CCCC(NS(=O)(=O)c2ccc(N)cc2C(=O)O)C1. The molecule has 1 atom stereocenters. The summed E-state index contributed by atoms with van der Waals surface area (Å²) < 4.78 is 27.4. The van der Waals surface area contributed by atoms with Gasteiger partial charge in [0.15, 0.2) is 0 Å². The zero-order chi connectivity index (χ0) is 15.6. The van der Waals surface area contributed by atoms with E-state index in [0.717, 1.165) is 25.5 Å². The molecule has 0 radical (unpaired) electrons. The average Bonchev–Trinajstić information content (AvgIpc) is 2.37. The molecular formula is C13H19N3O4S. The Morgan fingerprint density at radius 3 is 2.81 bits per heavy atom. The molecule has 1 aliphatic rings. The van der Waals surface area contributed by atoms with E-state index < -0.39 is 16.0 Å². The van der Waals surface area contributed by atoms with Crippen LogP contribution in [0.5, 0.6) is 0 Å². The predicted octanol–water partition coefficient (Wildman–Crippen LogP) is 0.340. The molecule has 8 heteroatoms. The van der Waals surface area contributed by atoms with Crippen LogP contribution in [0.3, 0.4) is 0 Å². The minimum atomic E-state index is -3.89. The summed E-state index contributed by atoms with van der Waals surface area (Å²) in [6, 6.07) is 3.55. The lowest BCUT2D eigenvalue weighted by Crippen LogP contribution is -2.46. The Bertz CT molecular complexity index is 645. The summed E-state index contributed by atoms with van der Waals surface area (Å²) in [4.78, 5) is 13.0. The van der Waals surface area contributed by atoms with E-state index in [1.807, 2.05) is 11.9 Å². The molecule has 2 rings (SSSR count). The molecule has 0 saturated carbocycles. The van der Waals surface area contributed by atoms with E-state index in [2.05, 4.69) is 4.72 Å². The third kappa shape index (κ3) is 3.72. The van der Waals surface area contributed by atoms with Crippen LogP contribution in [-0.2, 0) is 10.0 Å². The van der Waals surface area contributed by atoms with Gasteiger partial charge in [0, 0.05) is 18.3 Å². The largest absolute Gasteiger partial charge is 0.478 e. The molecule has 1 aromatic rings. The molecule has 1 unspecified atom stereocenters. The second kappa shape index (κ2) is 6.00. The summed E-state index contributed by atoms with van der Waals surface area (Å²) in [5.41, 5.74) is 5.42. The van der Waals surface area contributed by atoms with E-state index in [1.54, 1.807) is 0 Å². The van der Waals surface area contributed by atoms with Gasteiger partial charge in [-0.1, -0.05) is 0 Å². The Labute approximate surface area is 123 Å². The van der Waals surface area contributed by atoms with Crippen molar-refractivity contribution in [2.75, 3.05) is 25.9 Å². The molecule has 116 valence electrons. The number of sulfonamides is 1. The highest BCUT2D eigenvalue weighted by Crippen LogP contribution is 2.20. The first-order chi connectivity index (χ1) is 9.79. The number of carbonyl (C=O) groups is 1. The average molecular weight is 313 g/mol. The van der Waals surface area contributed by atoms with Crippen molar-refractivity contribution in [3.05, 3.63) is 23.8 Å². The van der Waals surface area contributed by atoms with E-state index in [-0.39, 0.29) is 22.2 Å². The molecule has 4 N–H and O–H groups in total. The van der Waals surface area contributed by atoms with Gasteiger partial charge in [0.05, 0.1) is 10.5 Å². The summed E-state index contributed by atoms with van der Waals surface area (Å²) in [6.07, 6.45) is 1.64. The minimum absolute atomic E-state index is 0.212. The minimum Gasteiger partial charge on any atom is -0.478 e. The number of likely N-dealkylation sites (N-methyl/N-ethyl adjacent to an activating group) is 1. The third-order valence-electron chi connectivity index (χ3n) is 3.47. The Balaban J connectivity index is 2.29. The molecule has 1 aliphatic heterocycles. The molecule has 0 spiro atoms. The van der Waals surface area contributed by atoms with Gasteiger partial charge in [-0.05, 0) is 44.6 Å². The van der Waals surface area contributed by atoms with Crippen LogP contribution in [0.2, 0.25) is 0 Å². The highest BCUT2D eigenvalue weighted by Gasteiger charge is 2.27. The zero-order valence-electron chi connectivity index (χ0n) is 11.7. The number of carboxylic acid groups (broad SMARTS) is 1. The smallest absolute Gasteiger partial charge is 0.337 e. The van der Waals surface area contributed by atoms with Gasteiger partial charge < -0.3 is 15.7 Å². The molecule has 1 aromatic carbocycles. The maximum Gasteiger partial charge on any atom is 0.337 e. The van der Waals surface area contributed by atoms with Crippen LogP contribution < -0.4 is 10.5 Å². The van der Waals surface area contributed by atoms with Gasteiger partial charge in [0.25, 0.3) is 0 Å². The van der Waals surface area contributed by atoms with Gasteiger partial charge in [0.2, 0.25) is 10.0 Å². The van der Waals surface area contributed by atoms with E-state index in [1.165, 1.54) is 12.1 Å². The molecule has 21 heavy (non-hydrogen) atoms. The first-order valence-corrected chi connectivity index (χ1v) is 8.11. The quantitative estimate of drug-likeness (QED) is 0.691. The molecule has 0 bridgehead atoms. The number of aromatic carboxylic acids is 1. The number of nitrogens with one attached hydrogen (secondary N) is 1. The number of nitrogens with zero attached hydrogens (tertiary/aromatic N) is 1. The number of benzene rings is 1. The standard InChI is InChI=1S/C13H19N3O4S/c1-16-6-2-3-10(8-16)15-21(19,20)12-5-4-9(14)7-11(12)13(17)18/h4-5,7,10,15H,2-3,6,8,14H2,1H3,(H,17,18). The number of rotatable bonds is 4. The number of hydrogen-bond donors (Lipinski definition) is 3. The molecule has 1 heterocycles. The molecule has 1 saturated heterocycles. The van der Waals surface area contributed by atoms with Crippen molar-refractivity contribution in [3.8, 4) is 0 Å². The van der Waals surface area contributed by atoms with Crippen molar-refractivity contribution in [1.29, 1.82) is 0 Å². The highest BCUT2D eigenvalue weighted by atomic mass is 32.2. The Hall–Kier alpha value is -1.64. The van der Waals surface area contributed by atoms with Crippen molar-refractivity contribution >= 4 is 21.7 Å². The lowest BCUT2D eigenvalue weighted by molar-refractivity contribution is 0.0692. The van der Waals surface area contributed by atoms with E-state index >= 15 is 0 Å². The van der Waals surface area contributed by atoms with Crippen molar-refractivity contribution in [2.45, 2.75) is 23.8 Å². The van der Waals surface area contributed by atoms with Gasteiger partial charge in [-0.2, -0.15) is 0 Å². The van der Waals surface area contributed by atoms with Gasteiger partial charge in [-0.3, -0.25) is 0 Å². The number of nitrogens with two attached hydrogens (primary N) is 1. The first-order valence-electron chi connectivity index (χ1n) is 6.63. The molecule has 1 fully saturated rings. The Morgan fingerprint density at radius 2 is 2.19 bits per heavy atom. The van der Waals surface area contributed by atoms with E-state index in [4.69, 9.17) is 10.8 Å². The van der Waals surface area contributed by atoms with Crippen LogP contribution in [0.4, 0.5) is 5.69 Å².